The van der Waals surface area contributed by atoms with Gasteiger partial charge in [0, 0.05) is 7.11 Å². The zero-order chi connectivity index (χ0) is 7.40. The molecule has 1 aliphatic rings. The molecule has 3 heteroatoms. The fourth-order valence-electron chi connectivity index (χ4n) is 1.29. The highest BCUT2D eigenvalue weighted by atomic mass is 16.6. The summed E-state index contributed by atoms with van der Waals surface area (Å²) in [4.78, 5) is 0. The third kappa shape index (κ3) is 1.94. The van der Waals surface area contributed by atoms with Crippen LogP contribution in [0.1, 0.15) is 19.3 Å². The standard InChI is InChI=1S/C7H15NO2/c1-10-7(9)6-4-2-3-5-8-6/h6-9H,2-5H2,1H3. The van der Waals surface area contributed by atoms with Crippen molar-refractivity contribution in [3.8, 4) is 0 Å². The predicted molar refractivity (Wildman–Crippen MR) is 38.7 cm³/mol. The first-order valence-corrected chi connectivity index (χ1v) is 3.79. The zero-order valence-electron chi connectivity index (χ0n) is 6.34. The SMILES string of the molecule is COC(O)C1CCCCN1. The van der Waals surface area contributed by atoms with E-state index in [1.165, 1.54) is 20.0 Å². The maximum Gasteiger partial charge on any atom is 0.169 e. The Morgan fingerprint density at radius 3 is 2.90 bits per heavy atom. The van der Waals surface area contributed by atoms with Crippen LogP contribution < -0.4 is 5.32 Å². The average Bonchev–Trinajstić information content (AvgIpc) is 2.05. The van der Waals surface area contributed by atoms with Gasteiger partial charge in [0.2, 0.25) is 0 Å². The lowest BCUT2D eigenvalue weighted by atomic mass is 10.1. The van der Waals surface area contributed by atoms with Crippen LogP contribution in [0.15, 0.2) is 0 Å². The molecular weight excluding hydrogens is 130 g/mol. The molecule has 3 nitrogen and oxygen atoms in total. The molecule has 1 heterocycles. The maximum atomic E-state index is 9.20. The molecule has 1 saturated heterocycles. The fraction of sp³-hybridized carbons (Fsp3) is 1.00. The molecule has 0 bridgehead atoms. The first-order chi connectivity index (χ1) is 4.84. The minimum atomic E-state index is -0.625. The minimum Gasteiger partial charge on any atom is -0.367 e. The molecular formula is C7H15NO2. The molecule has 0 amide bonds. The van der Waals surface area contributed by atoms with E-state index in [2.05, 4.69) is 5.32 Å². The third-order valence-electron chi connectivity index (χ3n) is 1.93. The Labute approximate surface area is 61.4 Å². The lowest BCUT2D eigenvalue weighted by molar-refractivity contribution is -0.101. The van der Waals surface area contributed by atoms with Gasteiger partial charge in [0.25, 0.3) is 0 Å². The molecule has 2 atom stereocenters. The highest BCUT2D eigenvalue weighted by Gasteiger charge is 2.19. The smallest absolute Gasteiger partial charge is 0.169 e. The largest absolute Gasteiger partial charge is 0.367 e. The van der Waals surface area contributed by atoms with Crippen molar-refractivity contribution >= 4 is 0 Å². The summed E-state index contributed by atoms with van der Waals surface area (Å²) in [5, 5.41) is 12.4. The van der Waals surface area contributed by atoms with E-state index >= 15 is 0 Å². The Hall–Kier alpha value is -0.120. The predicted octanol–water partition coefficient (Wildman–Crippen LogP) is 0.0933. The van der Waals surface area contributed by atoms with Crippen molar-refractivity contribution in [2.75, 3.05) is 13.7 Å². The summed E-state index contributed by atoms with van der Waals surface area (Å²) in [6.45, 7) is 1.01. The van der Waals surface area contributed by atoms with Crippen LogP contribution >= 0.6 is 0 Å². The molecule has 2 unspecified atom stereocenters. The molecule has 0 aromatic carbocycles. The van der Waals surface area contributed by atoms with Gasteiger partial charge in [-0.05, 0) is 19.4 Å². The van der Waals surface area contributed by atoms with Crippen LogP contribution in [0.2, 0.25) is 0 Å². The van der Waals surface area contributed by atoms with Crippen molar-refractivity contribution in [2.45, 2.75) is 31.6 Å². The number of piperidine rings is 1. The van der Waals surface area contributed by atoms with Gasteiger partial charge in [-0.25, -0.2) is 0 Å². The van der Waals surface area contributed by atoms with Crippen LogP contribution in [-0.4, -0.2) is 31.1 Å². The number of ether oxygens (including phenoxy) is 1. The second kappa shape index (κ2) is 3.91. The van der Waals surface area contributed by atoms with Crippen LogP contribution in [0.3, 0.4) is 0 Å². The van der Waals surface area contributed by atoms with E-state index in [0.717, 1.165) is 13.0 Å². The van der Waals surface area contributed by atoms with Gasteiger partial charge in [-0.3, -0.25) is 0 Å². The van der Waals surface area contributed by atoms with Crippen molar-refractivity contribution < 1.29 is 9.84 Å². The Kier molecular flexibility index (Phi) is 3.12. The molecule has 1 aliphatic heterocycles. The fourth-order valence-corrected chi connectivity index (χ4v) is 1.29. The zero-order valence-corrected chi connectivity index (χ0v) is 6.34. The number of aliphatic hydroxyl groups is 1. The van der Waals surface area contributed by atoms with E-state index < -0.39 is 6.29 Å². The molecule has 0 saturated carbocycles. The maximum absolute atomic E-state index is 9.20. The lowest BCUT2D eigenvalue weighted by Crippen LogP contribution is -2.43. The van der Waals surface area contributed by atoms with E-state index in [9.17, 15) is 5.11 Å². The van der Waals surface area contributed by atoms with Crippen molar-refractivity contribution in [3.63, 3.8) is 0 Å². The Morgan fingerprint density at radius 2 is 2.40 bits per heavy atom. The Bertz CT molecular complexity index is 91.6. The van der Waals surface area contributed by atoms with E-state index in [0.29, 0.717) is 0 Å². The number of hydrogen-bond donors (Lipinski definition) is 2. The average molecular weight is 145 g/mol. The molecule has 2 N–H and O–H groups in total. The summed E-state index contributed by atoms with van der Waals surface area (Å²) in [6.07, 6.45) is 2.81. The molecule has 1 fully saturated rings. The molecule has 0 aliphatic carbocycles. The summed E-state index contributed by atoms with van der Waals surface area (Å²) < 4.78 is 4.78. The summed E-state index contributed by atoms with van der Waals surface area (Å²) in [5.41, 5.74) is 0. The molecule has 0 radical (unpaired) electrons. The number of hydrogen-bond acceptors (Lipinski definition) is 3. The minimum absolute atomic E-state index is 0.152. The van der Waals surface area contributed by atoms with Crippen molar-refractivity contribution in [1.29, 1.82) is 0 Å². The van der Waals surface area contributed by atoms with Crippen LogP contribution in [0.5, 0.6) is 0 Å². The topological polar surface area (TPSA) is 41.5 Å². The van der Waals surface area contributed by atoms with E-state index in [1.807, 2.05) is 0 Å². The number of nitrogens with one attached hydrogen (secondary N) is 1. The van der Waals surface area contributed by atoms with Gasteiger partial charge in [0.05, 0.1) is 6.04 Å². The first-order valence-electron chi connectivity index (χ1n) is 3.79. The number of aliphatic hydroxyl groups excluding tert-OH is 1. The van der Waals surface area contributed by atoms with Gasteiger partial charge in [0.15, 0.2) is 6.29 Å². The normalized spacial score (nSPS) is 30.0. The first kappa shape index (κ1) is 7.98. The van der Waals surface area contributed by atoms with Gasteiger partial charge < -0.3 is 15.2 Å². The van der Waals surface area contributed by atoms with Crippen molar-refractivity contribution in [2.24, 2.45) is 0 Å². The summed E-state index contributed by atoms with van der Waals surface area (Å²) in [7, 11) is 1.53. The highest BCUT2D eigenvalue weighted by Crippen LogP contribution is 2.10. The second-order valence-corrected chi connectivity index (χ2v) is 2.68. The monoisotopic (exact) mass is 145 g/mol. The quantitative estimate of drug-likeness (QED) is 0.541. The van der Waals surface area contributed by atoms with E-state index in [1.54, 1.807) is 0 Å². The van der Waals surface area contributed by atoms with Crippen LogP contribution in [0, 0.1) is 0 Å². The lowest BCUT2D eigenvalue weighted by Gasteiger charge is -2.26. The van der Waals surface area contributed by atoms with E-state index in [-0.39, 0.29) is 6.04 Å². The summed E-state index contributed by atoms with van der Waals surface area (Å²) in [6, 6.07) is 0.152. The molecule has 60 valence electrons. The van der Waals surface area contributed by atoms with Crippen LogP contribution in [-0.2, 0) is 4.74 Å². The van der Waals surface area contributed by atoms with Gasteiger partial charge in [0.1, 0.15) is 0 Å². The molecule has 10 heavy (non-hydrogen) atoms. The number of methoxy groups -OCH3 is 1. The second-order valence-electron chi connectivity index (χ2n) is 2.68. The van der Waals surface area contributed by atoms with Gasteiger partial charge in [-0.1, -0.05) is 6.42 Å². The molecule has 0 aromatic rings. The van der Waals surface area contributed by atoms with Crippen LogP contribution in [0.25, 0.3) is 0 Å². The molecule has 0 aromatic heterocycles. The van der Waals surface area contributed by atoms with Crippen LogP contribution in [0.4, 0.5) is 0 Å². The third-order valence-corrected chi connectivity index (χ3v) is 1.93. The summed E-state index contributed by atoms with van der Waals surface area (Å²) >= 11 is 0. The Balaban J connectivity index is 2.24. The highest BCUT2D eigenvalue weighted by molar-refractivity contribution is 4.73. The van der Waals surface area contributed by atoms with Gasteiger partial charge >= 0.3 is 0 Å². The van der Waals surface area contributed by atoms with Gasteiger partial charge in [-0.2, -0.15) is 0 Å². The molecule has 0 spiro atoms. The van der Waals surface area contributed by atoms with Crippen molar-refractivity contribution in [3.05, 3.63) is 0 Å². The molecule has 1 rings (SSSR count). The van der Waals surface area contributed by atoms with E-state index in [4.69, 9.17) is 4.74 Å². The van der Waals surface area contributed by atoms with Crippen molar-refractivity contribution in [1.82, 2.24) is 5.32 Å². The Morgan fingerprint density at radius 1 is 1.60 bits per heavy atom. The summed E-state index contributed by atoms with van der Waals surface area (Å²) in [5.74, 6) is 0. The number of rotatable bonds is 2. The van der Waals surface area contributed by atoms with Gasteiger partial charge in [-0.15, -0.1) is 0 Å².